The van der Waals surface area contributed by atoms with Gasteiger partial charge in [0.05, 0.1) is 30.3 Å². The van der Waals surface area contributed by atoms with Crippen molar-refractivity contribution in [1.82, 2.24) is 20.3 Å². The van der Waals surface area contributed by atoms with Gasteiger partial charge in [0.2, 0.25) is 23.6 Å². The van der Waals surface area contributed by atoms with Crippen molar-refractivity contribution in [2.24, 2.45) is 15.4 Å². The molecular formula is C39H43N7O4. The molecule has 0 saturated carbocycles. The van der Waals surface area contributed by atoms with Crippen LogP contribution in [0.25, 0.3) is 5.57 Å². The second kappa shape index (κ2) is 13.1. The van der Waals surface area contributed by atoms with Crippen LogP contribution >= 0.6 is 0 Å². The molecule has 6 heterocycles. The zero-order valence-corrected chi connectivity index (χ0v) is 28.9. The largest absolute Gasteiger partial charge is 0.475 e. The van der Waals surface area contributed by atoms with Crippen LogP contribution in [0.15, 0.2) is 76.9 Å². The van der Waals surface area contributed by atoms with Crippen LogP contribution in [-0.2, 0) is 21.0 Å². The van der Waals surface area contributed by atoms with Crippen LogP contribution in [0.1, 0.15) is 67.9 Å². The Kier molecular flexibility index (Phi) is 8.48. The Morgan fingerprint density at radius 2 is 1.84 bits per heavy atom. The van der Waals surface area contributed by atoms with Gasteiger partial charge in [-0.2, -0.15) is 0 Å². The van der Waals surface area contributed by atoms with Crippen molar-refractivity contribution in [3.63, 3.8) is 0 Å². The molecular weight excluding hydrogens is 630 g/mol. The Hall–Kier alpha value is -4.87. The molecule has 2 atom stereocenters. The molecule has 2 aromatic carbocycles. The standard InChI is InChI=1S/C39H43N7O4/c1-25(2)49-34-11-9-31(22-40-34)36-33-20-32(10-8-30(33)21-41-36)46-19-15-39(38(46)48)14-18-44(24-39)23-35(47)45-16-12-28(13-17-45)27-4-6-29(7-5-27)37-42-26(3)43-50-37/h4-12,20,22,25-26,43H,13-19,21,23-24H2,1-3H3/t26?,39-/m0/s1. The summed E-state index contributed by atoms with van der Waals surface area (Å²) >= 11 is 0. The molecule has 50 heavy (non-hydrogen) atoms. The average Bonchev–Trinajstić information content (AvgIpc) is 3.92. The lowest BCUT2D eigenvalue weighted by Gasteiger charge is -2.29. The van der Waals surface area contributed by atoms with E-state index in [9.17, 15) is 9.59 Å². The van der Waals surface area contributed by atoms with E-state index in [1.807, 2.05) is 67.1 Å². The number of ether oxygens (including phenoxy) is 1. The van der Waals surface area contributed by atoms with E-state index in [0.717, 1.165) is 65.0 Å². The molecule has 2 amide bonds. The summed E-state index contributed by atoms with van der Waals surface area (Å²) in [4.78, 5) is 52.7. The van der Waals surface area contributed by atoms with E-state index in [4.69, 9.17) is 14.6 Å². The molecule has 11 nitrogen and oxygen atoms in total. The number of hydrogen-bond donors (Lipinski definition) is 1. The van der Waals surface area contributed by atoms with Gasteiger partial charge < -0.3 is 19.4 Å². The fourth-order valence-electron chi connectivity index (χ4n) is 7.74. The Morgan fingerprint density at radius 1 is 1.04 bits per heavy atom. The Bertz CT molecular complexity index is 1900. The second-order valence-electron chi connectivity index (χ2n) is 14.2. The van der Waals surface area contributed by atoms with Crippen LogP contribution in [0, 0.1) is 5.41 Å². The first kappa shape index (κ1) is 32.3. The third-order valence-corrected chi connectivity index (χ3v) is 10.4. The van der Waals surface area contributed by atoms with Gasteiger partial charge in [0.25, 0.3) is 0 Å². The molecule has 0 radical (unpaired) electrons. The molecule has 1 spiro atoms. The van der Waals surface area contributed by atoms with Gasteiger partial charge in [-0.05, 0) is 93.6 Å². The zero-order valence-electron chi connectivity index (χ0n) is 28.9. The number of pyridine rings is 1. The van der Waals surface area contributed by atoms with Crippen molar-refractivity contribution in [1.29, 1.82) is 0 Å². The number of carbonyl (C=O) groups excluding carboxylic acids is 2. The third kappa shape index (κ3) is 6.20. The monoisotopic (exact) mass is 673 g/mol. The predicted octanol–water partition coefficient (Wildman–Crippen LogP) is 4.59. The molecule has 11 heteroatoms. The number of carbonyl (C=O) groups is 2. The van der Waals surface area contributed by atoms with Gasteiger partial charge in [-0.15, -0.1) is 5.48 Å². The van der Waals surface area contributed by atoms with Gasteiger partial charge in [-0.25, -0.2) is 9.98 Å². The van der Waals surface area contributed by atoms with Crippen LogP contribution in [0.5, 0.6) is 5.88 Å². The quantitative estimate of drug-likeness (QED) is 0.373. The lowest BCUT2D eigenvalue weighted by Crippen LogP contribution is -2.43. The van der Waals surface area contributed by atoms with Crippen LogP contribution in [0.3, 0.4) is 0 Å². The number of nitrogens with zero attached hydrogens (tertiary/aromatic N) is 6. The van der Waals surface area contributed by atoms with E-state index < -0.39 is 5.41 Å². The Labute approximate surface area is 292 Å². The van der Waals surface area contributed by atoms with Crippen LogP contribution < -0.4 is 15.1 Å². The lowest BCUT2D eigenvalue weighted by molar-refractivity contribution is -0.132. The molecule has 2 fully saturated rings. The van der Waals surface area contributed by atoms with Gasteiger partial charge in [0.15, 0.2) is 0 Å². The molecule has 5 aliphatic rings. The lowest BCUT2D eigenvalue weighted by atomic mass is 9.85. The zero-order chi connectivity index (χ0) is 34.4. The summed E-state index contributed by atoms with van der Waals surface area (Å²) in [6.45, 7) is 10.2. The highest BCUT2D eigenvalue weighted by Gasteiger charge is 2.51. The van der Waals surface area contributed by atoms with E-state index in [2.05, 4.69) is 50.7 Å². The minimum absolute atomic E-state index is 0.0487. The fraction of sp³-hybridized carbons (Fsp3) is 0.410. The van der Waals surface area contributed by atoms with Gasteiger partial charge in [0, 0.05) is 60.8 Å². The Balaban J connectivity index is 0.873. The molecule has 2 saturated heterocycles. The van der Waals surface area contributed by atoms with Crippen LogP contribution in [0.4, 0.5) is 5.69 Å². The molecule has 1 aromatic heterocycles. The third-order valence-electron chi connectivity index (χ3n) is 10.4. The van der Waals surface area contributed by atoms with Crippen molar-refractivity contribution in [3.05, 3.63) is 94.7 Å². The minimum Gasteiger partial charge on any atom is -0.475 e. The van der Waals surface area contributed by atoms with E-state index in [1.54, 1.807) is 0 Å². The molecule has 1 N–H and O–H groups in total. The summed E-state index contributed by atoms with van der Waals surface area (Å²) in [6, 6.07) is 18.4. The smallest absolute Gasteiger partial charge is 0.242 e. The van der Waals surface area contributed by atoms with Crippen LogP contribution in [0.2, 0.25) is 0 Å². The SMILES string of the molecule is CC1N=C(c2ccc(C3=CCN(C(=O)CN4CC[C@]5(CCN(c6ccc7c(c6)C(c6ccc(OC(C)C)nc6)=NC7)C5=O)C4)CC3)cc2)ON1. The molecule has 3 aromatic rings. The number of rotatable bonds is 8. The molecule has 0 bridgehead atoms. The normalized spacial score (nSPS) is 23.3. The maximum Gasteiger partial charge on any atom is 0.242 e. The molecule has 1 unspecified atom stereocenters. The van der Waals surface area contributed by atoms with E-state index in [-0.39, 0.29) is 24.1 Å². The number of benzene rings is 2. The van der Waals surface area contributed by atoms with E-state index >= 15 is 0 Å². The van der Waals surface area contributed by atoms with Crippen molar-refractivity contribution >= 4 is 34.7 Å². The summed E-state index contributed by atoms with van der Waals surface area (Å²) < 4.78 is 5.71. The molecule has 258 valence electrons. The number of aromatic nitrogens is 1. The van der Waals surface area contributed by atoms with Crippen molar-refractivity contribution in [3.8, 4) is 5.88 Å². The summed E-state index contributed by atoms with van der Waals surface area (Å²) in [6.07, 6.45) is 6.35. The van der Waals surface area contributed by atoms with Crippen LogP contribution in [-0.4, -0.2) is 89.7 Å². The topological polar surface area (TPSA) is 112 Å². The highest BCUT2D eigenvalue weighted by molar-refractivity contribution is 6.16. The molecule has 5 aliphatic heterocycles. The summed E-state index contributed by atoms with van der Waals surface area (Å²) in [5, 5.41) is 0. The number of amides is 2. The number of likely N-dealkylation sites (tertiary alicyclic amines) is 1. The summed E-state index contributed by atoms with van der Waals surface area (Å²) in [7, 11) is 0. The highest BCUT2D eigenvalue weighted by atomic mass is 16.7. The summed E-state index contributed by atoms with van der Waals surface area (Å²) in [5.74, 6) is 1.48. The maximum atomic E-state index is 14.0. The number of hydrogen-bond acceptors (Lipinski definition) is 9. The molecule has 8 rings (SSSR count). The predicted molar refractivity (Wildman–Crippen MR) is 192 cm³/mol. The second-order valence-corrected chi connectivity index (χ2v) is 14.2. The Morgan fingerprint density at radius 3 is 2.56 bits per heavy atom. The maximum absolute atomic E-state index is 14.0. The summed E-state index contributed by atoms with van der Waals surface area (Å²) in [5.41, 5.74) is 10.7. The molecule has 0 aliphatic carbocycles. The number of aliphatic imine (C=N–C) groups is 2. The van der Waals surface area contributed by atoms with Crippen molar-refractivity contribution < 1.29 is 19.2 Å². The fourth-order valence-corrected chi connectivity index (χ4v) is 7.74. The number of anilines is 1. The van der Waals surface area contributed by atoms with Gasteiger partial charge >= 0.3 is 0 Å². The van der Waals surface area contributed by atoms with Gasteiger partial charge in [0.1, 0.15) is 6.17 Å². The highest BCUT2D eigenvalue weighted by Crippen LogP contribution is 2.43. The van der Waals surface area contributed by atoms with Gasteiger partial charge in [-0.1, -0.05) is 24.3 Å². The number of hydroxylamine groups is 1. The first-order chi connectivity index (χ1) is 24.2. The van der Waals surface area contributed by atoms with Crippen molar-refractivity contribution in [2.45, 2.75) is 58.8 Å². The van der Waals surface area contributed by atoms with Crippen molar-refractivity contribution in [2.75, 3.05) is 44.2 Å². The van der Waals surface area contributed by atoms with Gasteiger partial charge in [-0.3, -0.25) is 19.5 Å². The number of nitrogens with one attached hydrogen (secondary N) is 1. The minimum atomic E-state index is -0.448. The number of fused-ring (bicyclic) bond motifs is 1. The first-order valence-corrected chi connectivity index (χ1v) is 17.7. The first-order valence-electron chi connectivity index (χ1n) is 17.7. The average molecular weight is 674 g/mol. The van der Waals surface area contributed by atoms with E-state index in [1.165, 1.54) is 5.57 Å². The van der Waals surface area contributed by atoms with E-state index in [0.29, 0.717) is 51.0 Å².